The van der Waals surface area contributed by atoms with E-state index in [1.54, 1.807) is 24.4 Å². The van der Waals surface area contributed by atoms with Crippen LogP contribution in [0.2, 0.25) is 5.02 Å². The van der Waals surface area contributed by atoms with E-state index in [-0.39, 0.29) is 18.5 Å². The molecule has 0 radical (unpaired) electrons. The molecule has 0 spiro atoms. The first kappa shape index (κ1) is 14.5. The molecule has 7 heteroatoms. The molecule has 0 fully saturated rings. The third-order valence-electron chi connectivity index (χ3n) is 2.79. The molecule has 0 aliphatic rings. The Hall–Kier alpha value is -1.92. The van der Waals surface area contributed by atoms with Crippen LogP contribution in [0.15, 0.2) is 24.4 Å². The molecule has 0 saturated heterocycles. The predicted molar refractivity (Wildman–Crippen MR) is 77.4 cm³/mol. The second-order valence-corrected chi connectivity index (χ2v) is 5.07. The van der Waals surface area contributed by atoms with Gasteiger partial charge in [0.1, 0.15) is 6.54 Å². The van der Waals surface area contributed by atoms with Gasteiger partial charge < -0.3 is 11.1 Å². The van der Waals surface area contributed by atoms with Crippen LogP contribution in [0.25, 0.3) is 0 Å². The summed E-state index contributed by atoms with van der Waals surface area (Å²) in [4.78, 5) is 11.9. The number of nitrogens with two attached hydrogens (primary N) is 1. The number of halogens is 1. The highest BCUT2D eigenvalue weighted by atomic mass is 35.5. The van der Waals surface area contributed by atoms with Crippen molar-refractivity contribution in [1.29, 1.82) is 0 Å². The molecule has 3 N–H and O–H groups in total. The van der Waals surface area contributed by atoms with Gasteiger partial charge in [0.05, 0.1) is 11.9 Å². The van der Waals surface area contributed by atoms with E-state index < -0.39 is 0 Å². The van der Waals surface area contributed by atoms with E-state index in [4.69, 9.17) is 17.3 Å². The summed E-state index contributed by atoms with van der Waals surface area (Å²) in [5, 5.41) is 11.2. The highest BCUT2D eigenvalue weighted by molar-refractivity contribution is 6.30. The number of amides is 1. The van der Waals surface area contributed by atoms with Crippen LogP contribution in [0.1, 0.15) is 24.2 Å². The largest absolute Gasteiger partial charge is 0.324 e. The van der Waals surface area contributed by atoms with Gasteiger partial charge in [0, 0.05) is 16.8 Å². The van der Waals surface area contributed by atoms with E-state index in [1.165, 1.54) is 4.68 Å². The van der Waals surface area contributed by atoms with Crippen LogP contribution >= 0.6 is 11.6 Å². The minimum atomic E-state index is -0.203. The van der Waals surface area contributed by atoms with Gasteiger partial charge >= 0.3 is 0 Å². The molecule has 1 amide bonds. The average Bonchev–Trinajstić information content (AvgIpc) is 2.81. The van der Waals surface area contributed by atoms with E-state index in [0.717, 1.165) is 11.3 Å². The second-order valence-electron chi connectivity index (χ2n) is 4.64. The summed E-state index contributed by atoms with van der Waals surface area (Å²) in [5.74, 6) is -0.184. The van der Waals surface area contributed by atoms with Crippen molar-refractivity contribution in [3.63, 3.8) is 0 Å². The first-order chi connectivity index (χ1) is 9.45. The zero-order valence-electron chi connectivity index (χ0n) is 11.3. The number of hydrogen-bond donors (Lipinski definition) is 2. The lowest BCUT2D eigenvalue weighted by Crippen LogP contribution is -2.19. The van der Waals surface area contributed by atoms with E-state index in [1.807, 2.05) is 13.8 Å². The van der Waals surface area contributed by atoms with Crippen molar-refractivity contribution in [2.45, 2.75) is 26.4 Å². The maximum absolute atomic E-state index is 11.9. The molecular formula is C13H16ClN5O. The van der Waals surface area contributed by atoms with E-state index in [2.05, 4.69) is 15.6 Å². The lowest BCUT2D eigenvalue weighted by molar-refractivity contribution is -0.116. The van der Waals surface area contributed by atoms with Crippen molar-refractivity contribution < 1.29 is 4.79 Å². The van der Waals surface area contributed by atoms with Crippen molar-refractivity contribution in [3.8, 4) is 0 Å². The van der Waals surface area contributed by atoms with Crippen molar-refractivity contribution in [2.24, 2.45) is 5.73 Å². The Labute approximate surface area is 121 Å². The van der Waals surface area contributed by atoms with Crippen LogP contribution in [-0.4, -0.2) is 20.9 Å². The summed E-state index contributed by atoms with van der Waals surface area (Å²) >= 11 is 5.87. The smallest absolute Gasteiger partial charge is 0.246 e. The Morgan fingerprint density at radius 3 is 2.90 bits per heavy atom. The minimum absolute atomic E-state index is 0.0851. The summed E-state index contributed by atoms with van der Waals surface area (Å²) in [6.45, 7) is 3.78. The second kappa shape index (κ2) is 6.02. The van der Waals surface area contributed by atoms with Gasteiger partial charge in [0.2, 0.25) is 5.91 Å². The molecule has 106 valence electrons. The Kier molecular flexibility index (Phi) is 4.36. The maximum atomic E-state index is 11.9. The van der Waals surface area contributed by atoms with Crippen LogP contribution in [0.5, 0.6) is 0 Å². The van der Waals surface area contributed by atoms with Gasteiger partial charge in [-0.05, 0) is 37.6 Å². The molecule has 0 bridgehead atoms. The van der Waals surface area contributed by atoms with Gasteiger partial charge in [-0.2, -0.15) is 0 Å². The summed E-state index contributed by atoms with van der Waals surface area (Å²) in [6.07, 6.45) is 1.67. The molecule has 1 aromatic heterocycles. The number of anilines is 1. The molecule has 0 saturated carbocycles. The Balaban J connectivity index is 2.01. The predicted octanol–water partition coefficient (Wildman–Crippen LogP) is 1.90. The normalized spacial score (nSPS) is 12.2. The molecular weight excluding hydrogens is 278 g/mol. The average molecular weight is 294 g/mol. The third-order valence-corrected chi connectivity index (χ3v) is 3.03. The highest BCUT2D eigenvalue weighted by Gasteiger charge is 2.09. The lowest BCUT2D eigenvalue weighted by Gasteiger charge is -2.08. The number of hydrogen-bond acceptors (Lipinski definition) is 4. The number of carbonyl (C=O) groups excluding carboxylic acids is 1. The van der Waals surface area contributed by atoms with Crippen LogP contribution in [0.3, 0.4) is 0 Å². The topological polar surface area (TPSA) is 85.8 Å². The number of nitrogens with zero attached hydrogens (tertiary/aromatic N) is 3. The molecule has 1 atom stereocenters. The third kappa shape index (κ3) is 3.55. The highest BCUT2D eigenvalue weighted by Crippen LogP contribution is 2.19. The molecule has 1 heterocycles. The van der Waals surface area contributed by atoms with Crippen molar-refractivity contribution >= 4 is 23.2 Å². The molecule has 1 unspecified atom stereocenters. The number of aromatic nitrogens is 3. The van der Waals surface area contributed by atoms with Gasteiger partial charge in [-0.3, -0.25) is 4.79 Å². The van der Waals surface area contributed by atoms with Crippen molar-refractivity contribution in [3.05, 3.63) is 40.7 Å². The Morgan fingerprint density at radius 1 is 1.55 bits per heavy atom. The quantitative estimate of drug-likeness (QED) is 0.901. The lowest BCUT2D eigenvalue weighted by atomic mass is 10.2. The van der Waals surface area contributed by atoms with Crippen LogP contribution < -0.4 is 11.1 Å². The molecule has 2 aromatic rings. The fraction of sp³-hybridized carbons (Fsp3) is 0.308. The first-order valence-corrected chi connectivity index (χ1v) is 6.55. The van der Waals surface area contributed by atoms with Gasteiger partial charge in [-0.15, -0.1) is 5.10 Å². The number of carbonyl (C=O) groups is 1. The van der Waals surface area contributed by atoms with E-state index in [9.17, 15) is 4.79 Å². The van der Waals surface area contributed by atoms with Gasteiger partial charge in [0.25, 0.3) is 0 Å². The summed E-state index contributed by atoms with van der Waals surface area (Å²) in [6, 6.07) is 5.09. The zero-order chi connectivity index (χ0) is 14.7. The van der Waals surface area contributed by atoms with Crippen LogP contribution in [-0.2, 0) is 11.3 Å². The van der Waals surface area contributed by atoms with E-state index >= 15 is 0 Å². The minimum Gasteiger partial charge on any atom is -0.324 e. The number of aryl methyl sites for hydroxylation is 1. The number of rotatable bonds is 4. The van der Waals surface area contributed by atoms with Crippen LogP contribution in [0.4, 0.5) is 5.69 Å². The van der Waals surface area contributed by atoms with Gasteiger partial charge in [0.15, 0.2) is 0 Å². The number of benzene rings is 1. The zero-order valence-corrected chi connectivity index (χ0v) is 12.1. The Bertz CT molecular complexity index is 623. The Morgan fingerprint density at radius 2 is 2.30 bits per heavy atom. The molecule has 2 rings (SSSR count). The van der Waals surface area contributed by atoms with Gasteiger partial charge in [-0.25, -0.2) is 4.68 Å². The maximum Gasteiger partial charge on any atom is 0.246 e. The first-order valence-electron chi connectivity index (χ1n) is 6.17. The molecule has 0 aliphatic heterocycles. The summed E-state index contributed by atoms with van der Waals surface area (Å²) < 4.78 is 1.46. The standard InChI is InChI=1S/C13H16ClN5O/c1-8-5-10(14)3-4-11(8)16-13(20)7-19-6-12(9(2)15)17-18-19/h3-6,9H,7,15H2,1-2H3,(H,16,20). The number of nitrogens with one attached hydrogen (secondary N) is 1. The van der Waals surface area contributed by atoms with Gasteiger partial charge in [-0.1, -0.05) is 16.8 Å². The SMILES string of the molecule is Cc1cc(Cl)ccc1NC(=O)Cn1cc(C(C)N)nn1. The van der Waals surface area contributed by atoms with E-state index in [0.29, 0.717) is 10.7 Å². The molecule has 1 aromatic carbocycles. The molecule has 20 heavy (non-hydrogen) atoms. The molecule has 0 aliphatic carbocycles. The van der Waals surface area contributed by atoms with Crippen molar-refractivity contribution in [1.82, 2.24) is 15.0 Å². The fourth-order valence-electron chi connectivity index (χ4n) is 1.70. The monoisotopic (exact) mass is 293 g/mol. The summed E-state index contributed by atoms with van der Waals surface area (Å²) in [7, 11) is 0. The van der Waals surface area contributed by atoms with Crippen LogP contribution in [0, 0.1) is 6.92 Å². The molecule has 6 nitrogen and oxygen atoms in total. The fourth-order valence-corrected chi connectivity index (χ4v) is 1.93. The van der Waals surface area contributed by atoms with Crippen molar-refractivity contribution in [2.75, 3.05) is 5.32 Å². The summed E-state index contributed by atoms with van der Waals surface area (Å²) in [5.41, 5.74) is 7.97.